The Labute approximate surface area is 300 Å². The molecule has 270 valence electrons. The van der Waals surface area contributed by atoms with Crippen molar-refractivity contribution >= 4 is 40.8 Å². The number of aromatic nitrogens is 2. The number of ether oxygens (including phenoxy) is 2. The highest BCUT2D eigenvalue weighted by molar-refractivity contribution is 6.01. The van der Waals surface area contributed by atoms with Gasteiger partial charge < -0.3 is 29.9 Å². The Morgan fingerprint density at radius 2 is 1.59 bits per heavy atom. The number of hydrogen-bond donors (Lipinski definition) is 2. The van der Waals surface area contributed by atoms with E-state index >= 15 is 0 Å². The molecule has 12 nitrogen and oxygen atoms in total. The SMILES string of the molecule is CCN(CC)CCN(C)C(=O)c1ccc(Nc2c(CCC(=O)NCCOC)cccc2N(C(=O)Oc2c(C)cccc2C)c2ccncn2)cc1. The van der Waals surface area contributed by atoms with Crippen molar-refractivity contribution in [3.63, 3.8) is 0 Å². The summed E-state index contributed by atoms with van der Waals surface area (Å²) in [6.45, 7) is 12.1. The second-order valence-electron chi connectivity index (χ2n) is 12.1. The normalized spacial score (nSPS) is 10.9. The summed E-state index contributed by atoms with van der Waals surface area (Å²) in [7, 11) is 3.39. The van der Waals surface area contributed by atoms with Gasteiger partial charge in [-0.1, -0.05) is 44.2 Å². The van der Waals surface area contributed by atoms with Crippen LogP contribution < -0.4 is 20.3 Å². The van der Waals surface area contributed by atoms with Crippen molar-refractivity contribution in [1.29, 1.82) is 0 Å². The zero-order valence-electron chi connectivity index (χ0n) is 30.4. The number of para-hydroxylation sites is 2. The fourth-order valence-corrected chi connectivity index (χ4v) is 5.57. The summed E-state index contributed by atoms with van der Waals surface area (Å²) in [6, 6.07) is 20.0. The van der Waals surface area contributed by atoms with Crippen LogP contribution in [0.5, 0.6) is 5.75 Å². The van der Waals surface area contributed by atoms with Crippen molar-refractivity contribution < 1.29 is 23.9 Å². The summed E-state index contributed by atoms with van der Waals surface area (Å²) in [5.41, 5.74) is 4.68. The largest absolute Gasteiger partial charge is 0.425 e. The summed E-state index contributed by atoms with van der Waals surface area (Å²) < 4.78 is 11.1. The number of carbonyl (C=O) groups is 3. The fourth-order valence-electron chi connectivity index (χ4n) is 5.57. The highest BCUT2D eigenvalue weighted by Gasteiger charge is 2.27. The van der Waals surface area contributed by atoms with E-state index < -0.39 is 6.09 Å². The second-order valence-corrected chi connectivity index (χ2v) is 12.1. The molecule has 0 radical (unpaired) electrons. The van der Waals surface area contributed by atoms with Gasteiger partial charge in [-0.2, -0.15) is 0 Å². The molecule has 0 atom stereocenters. The van der Waals surface area contributed by atoms with E-state index in [1.807, 2.05) is 63.4 Å². The number of nitrogens with zero attached hydrogens (tertiary/aromatic N) is 5. The molecular weight excluding hydrogens is 646 g/mol. The van der Waals surface area contributed by atoms with Gasteiger partial charge in [-0.3, -0.25) is 9.59 Å². The van der Waals surface area contributed by atoms with Gasteiger partial charge in [0.05, 0.1) is 18.0 Å². The Bertz CT molecular complexity index is 1730. The van der Waals surface area contributed by atoms with Crippen LogP contribution in [0.3, 0.4) is 0 Å². The number of nitrogens with one attached hydrogen (secondary N) is 2. The standard InChI is InChI=1S/C39H49N7O5/c1-7-45(8-2)25-24-44(5)38(48)31-15-18-32(19-16-31)43-36-30(17-20-35(47)41-23-26-50-6)13-10-14-33(36)46(34-21-22-40-27-42-34)39(49)51-37-28(3)11-9-12-29(37)4/h9-16,18-19,21-22,27,43H,7-8,17,20,23-26H2,1-6H3,(H,41,47). The number of aryl methyl sites for hydroxylation is 3. The summed E-state index contributed by atoms with van der Waals surface area (Å²) in [5, 5.41) is 6.35. The fraction of sp³-hybridized carbons (Fsp3) is 0.359. The predicted octanol–water partition coefficient (Wildman–Crippen LogP) is 6.28. The first-order valence-electron chi connectivity index (χ1n) is 17.2. The molecule has 3 aromatic carbocycles. The molecule has 0 bridgehead atoms. The molecule has 4 aromatic rings. The van der Waals surface area contributed by atoms with Crippen LogP contribution in [0, 0.1) is 13.8 Å². The van der Waals surface area contributed by atoms with Gasteiger partial charge in [0, 0.05) is 57.7 Å². The van der Waals surface area contributed by atoms with E-state index in [-0.39, 0.29) is 18.2 Å². The number of likely N-dealkylation sites (N-methyl/N-ethyl adjacent to an activating group) is 2. The molecule has 1 heterocycles. The quantitative estimate of drug-likeness (QED) is 0.123. The van der Waals surface area contributed by atoms with Gasteiger partial charge in [0.15, 0.2) is 0 Å². The maximum absolute atomic E-state index is 14.2. The van der Waals surface area contributed by atoms with Crippen LogP contribution in [0.15, 0.2) is 79.3 Å². The van der Waals surface area contributed by atoms with Crippen LogP contribution in [0.1, 0.15) is 47.3 Å². The number of amides is 3. The van der Waals surface area contributed by atoms with Crippen LogP contribution in [0.2, 0.25) is 0 Å². The molecule has 51 heavy (non-hydrogen) atoms. The smallest absolute Gasteiger partial charge is 0.409 e. The highest BCUT2D eigenvalue weighted by atomic mass is 16.6. The van der Waals surface area contributed by atoms with Gasteiger partial charge in [0.25, 0.3) is 5.91 Å². The summed E-state index contributed by atoms with van der Waals surface area (Å²) >= 11 is 0. The van der Waals surface area contributed by atoms with Crippen LogP contribution in [-0.4, -0.2) is 91.2 Å². The number of carbonyl (C=O) groups excluding carboxylic acids is 3. The zero-order chi connectivity index (χ0) is 36.8. The lowest BCUT2D eigenvalue weighted by molar-refractivity contribution is -0.121. The molecule has 0 aliphatic rings. The van der Waals surface area contributed by atoms with Crippen molar-refractivity contribution in [1.82, 2.24) is 25.1 Å². The molecule has 4 rings (SSSR count). The van der Waals surface area contributed by atoms with Crippen molar-refractivity contribution in [2.45, 2.75) is 40.5 Å². The first-order valence-corrected chi connectivity index (χ1v) is 17.2. The van der Waals surface area contributed by atoms with E-state index in [1.165, 1.54) is 11.2 Å². The third-order valence-corrected chi connectivity index (χ3v) is 8.59. The average Bonchev–Trinajstić information content (AvgIpc) is 3.14. The van der Waals surface area contributed by atoms with Gasteiger partial charge in [-0.15, -0.1) is 0 Å². The lowest BCUT2D eigenvalue weighted by Gasteiger charge is -2.26. The van der Waals surface area contributed by atoms with Crippen molar-refractivity contribution in [3.05, 3.63) is 102 Å². The van der Waals surface area contributed by atoms with Gasteiger partial charge in [-0.05, 0) is 86.4 Å². The third-order valence-electron chi connectivity index (χ3n) is 8.59. The van der Waals surface area contributed by atoms with Gasteiger partial charge in [0.2, 0.25) is 5.91 Å². The molecule has 2 N–H and O–H groups in total. The maximum Gasteiger partial charge on any atom is 0.425 e. The van der Waals surface area contributed by atoms with Gasteiger partial charge in [-0.25, -0.2) is 19.7 Å². The van der Waals surface area contributed by atoms with Crippen LogP contribution in [0.25, 0.3) is 0 Å². The van der Waals surface area contributed by atoms with E-state index in [2.05, 4.69) is 39.3 Å². The Morgan fingerprint density at radius 1 is 0.882 bits per heavy atom. The van der Waals surface area contributed by atoms with E-state index in [1.54, 1.807) is 42.5 Å². The Balaban J connectivity index is 1.70. The van der Waals surface area contributed by atoms with Crippen LogP contribution >= 0.6 is 0 Å². The molecule has 0 saturated heterocycles. The molecular formula is C39H49N7O5. The van der Waals surface area contributed by atoms with Crippen molar-refractivity contribution in [3.8, 4) is 5.75 Å². The van der Waals surface area contributed by atoms with Gasteiger partial charge >= 0.3 is 6.09 Å². The van der Waals surface area contributed by atoms with Crippen LogP contribution in [0.4, 0.5) is 27.7 Å². The number of rotatable bonds is 17. The summed E-state index contributed by atoms with van der Waals surface area (Å²) in [4.78, 5) is 54.0. The number of methoxy groups -OCH3 is 1. The molecule has 0 spiro atoms. The van der Waals surface area contributed by atoms with E-state index in [0.717, 1.165) is 36.3 Å². The predicted molar refractivity (Wildman–Crippen MR) is 200 cm³/mol. The second kappa shape index (κ2) is 19.2. The molecule has 0 saturated carbocycles. The molecule has 1 aromatic heterocycles. The molecule has 0 fully saturated rings. The van der Waals surface area contributed by atoms with Crippen LogP contribution in [-0.2, 0) is 16.0 Å². The van der Waals surface area contributed by atoms with E-state index in [4.69, 9.17) is 9.47 Å². The monoisotopic (exact) mass is 695 g/mol. The summed E-state index contributed by atoms with van der Waals surface area (Å²) in [5.74, 6) is 0.562. The lowest BCUT2D eigenvalue weighted by atomic mass is 10.0. The Kier molecular flexibility index (Phi) is 14.5. The van der Waals surface area contributed by atoms with E-state index in [0.29, 0.717) is 60.3 Å². The minimum Gasteiger partial charge on any atom is -0.409 e. The zero-order valence-corrected chi connectivity index (χ0v) is 30.4. The number of anilines is 4. The average molecular weight is 696 g/mol. The Hall–Kier alpha value is -5.33. The topological polar surface area (TPSA) is 129 Å². The maximum atomic E-state index is 14.2. The lowest BCUT2D eigenvalue weighted by Crippen LogP contribution is -2.36. The third kappa shape index (κ3) is 10.6. The first-order chi connectivity index (χ1) is 24.7. The highest BCUT2D eigenvalue weighted by Crippen LogP contribution is 2.38. The minimum absolute atomic E-state index is 0.0709. The summed E-state index contributed by atoms with van der Waals surface area (Å²) in [6.07, 6.45) is 2.82. The first kappa shape index (κ1) is 38.5. The van der Waals surface area contributed by atoms with E-state index in [9.17, 15) is 14.4 Å². The minimum atomic E-state index is -0.669. The van der Waals surface area contributed by atoms with Gasteiger partial charge in [0.1, 0.15) is 17.9 Å². The molecule has 0 unspecified atom stereocenters. The molecule has 12 heteroatoms. The molecule has 0 aliphatic carbocycles. The van der Waals surface area contributed by atoms with Crippen molar-refractivity contribution in [2.75, 3.05) is 63.7 Å². The number of hydrogen-bond acceptors (Lipinski definition) is 9. The Morgan fingerprint density at radius 3 is 2.24 bits per heavy atom. The molecule has 0 aliphatic heterocycles. The molecule has 3 amide bonds. The van der Waals surface area contributed by atoms with Crippen molar-refractivity contribution in [2.24, 2.45) is 0 Å². The number of benzene rings is 3.